The fourth-order valence-corrected chi connectivity index (χ4v) is 35.9. The summed E-state index contributed by atoms with van der Waals surface area (Å²) in [5.41, 5.74) is 0.267. The third kappa shape index (κ3) is 4.12. The van der Waals surface area contributed by atoms with Gasteiger partial charge in [0.25, 0.3) is 0 Å². The average Bonchev–Trinajstić information content (AvgIpc) is 3.30. The van der Waals surface area contributed by atoms with Crippen LogP contribution in [0.3, 0.4) is 0 Å². The minimum atomic E-state index is -3.96. The first kappa shape index (κ1) is 22.0. The van der Waals surface area contributed by atoms with Gasteiger partial charge in [-0.15, -0.1) is 0 Å². The summed E-state index contributed by atoms with van der Waals surface area (Å²) in [6.45, 7) is 0.392. The van der Waals surface area contributed by atoms with Gasteiger partial charge in [0.1, 0.15) is 0 Å². The summed E-state index contributed by atoms with van der Waals surface area (Å²) in [6.07, 6.45) is 2.09. The van der Waals surface area contributed by atoms with Gasteiger partial charge in [-0.1, -0.05) is 0 Å². The molecule has 1 aromatic carbocycles. The standard InChI is InChI=1S/C17H18I2N3O6S2/c23-16(20-8-6-18-19-7-2-10-29(19,25)26)12-4-5-15-13(11-12)21-17(24)14-3-1-9-22(14)30(15,27)28/h1,3-5,9,11H,2,6-8,10H2,(H,20,23)(H,21,24)/q-1. The Kier molecular flexibility index (Phi) is 6.15. The predicted octanol–water partition coefficient (Wildman–Crippen LogP) is -1.74. The molecule has 164 valence electrons. The average molecular weight is 678 g/mol. The van der Waals surface area contributed by atoms with Crippen molar-refractivity contribution in [2.75, 3.05) is 26.5 Å². The molecule has 0 unspecified atom stereocenters. The first-order valence-electron chi connectivity index (χ1n) is 8.86. The van der Waals surface area contributed by atoms with E-state index in [1.54, 1.807) is 0 Å². The number of amides is 2. The maximum atomic E-state index is 12.8. The first-order chi connectivity index (χ1) is 14.2. The van der Waals surface area contributed by atoms with Crippen molar-refractivity contribution in [3.05, 3.63) is 47.8 Å². The number of carbonyl (C=O) groups is 2. The van der Waals surface area contributed by atoms with Crippen LogP contribution in [-0.4, -0.2) is 53.8 Å². The number of benzene rings is 1. The van der Waals surface area contributed by atoms with E-state index in [0.717, 1.165) is 14.8 Å². The van der Waals surface area contributed by atoms with Crippen LogP contribution < -0.4 is 27.9 Å². The Hall–Kier alpha value is -1.20. The number of aromatic nitrogens is 1. The first-order valence-corrected chi connectivity index (χ1v) is 23.8. The molecule has 2 amide bonds. The molecule has 0 saturated carbocycles. The van der Waals surface area contributed by atoms with Gasteiger partial charge in [0.15, 0.2) is 0 Å². The molecule has 2 aliphatic rings. The summed E-state index contributed by atoms with van der Waals surface area (Å²) in [5.74, 6) is -0.638. The molecular weight excluding hydrogens is 660 g/mol. The van der Waals surface area contributed by atoms with Crippen LogP contribution in [0.5, 0.6) is 0 Å². The van der Waals surface area contributed by atoms with Gasteiger partial charge in [-0.05, 0) is 0 Å². The van der Waals surface area contributed by atoms with Crippen LogP contribution in [0.25, 0.3) is 0 Å². The Morgan fingerprint density at radius 2 is 2.03 bits per heavy atom. The fourth-order valence-electron chi connectivity index (χ4n) is 3.06. The van der Waals surface area contributed by atoms with Gasteiger partial charge in [0.2, 0.25) is 0 Å². The number of fused-ring (bicyclic) bond motifs is 2. The molecule has 0 spiro atoms. The third-order valence-electron chi connectivity index (χ3n) is 4.46. The normalized spacial score (nSPS) is 20.1. The van der Waals surface area contributed by atoms with Gasteiger partial charge in [-0.2, -0.15) is 0 Å². The monoisotopic (exact) mass is 678 g/mol. The number of hydrogen-bond donors (Lipinski definition) is 2. The van der Waals surface area contributed by atoms with E-state index in [2.05, 4.69) is 10.6 Å². The number of anilines is 1. The molecule has 1 fully saturated rings. The molecule has 1 saturated heterocycles. The molecular formula is C17H18I2N3O6S2-. The summed E-state index contributed by atoms with van der Waals surface area (Å²) >= 11 is -2.27. The van der Waals surface area contributed by atoms with Crippen molar-refractivity contribution < 1.29 is 43.7 Å². The number of nitrogens with one attached hydrogen (secondary N) is 2. The Bertz CT molecular complexity index is 1240. The predicted molar refractivity (Wildman–Crippen MR) is 116 cm³/mol. The second kappa shape index (κ2) is 8.38. The van der Waals surface area contributed by atoms with Crippen LogP contribution in [0.4, 0.5) is 5.69 Å². The van der Waals surface area contributed by atoms with Crippen molar-refractivity contribution in [1.82, 2.24) is 9.29 Å². The molecule has 0 radical (unpaired) electrons. The summed E-state index contributed by atoms with van der Waals surface area (Å²) in [7, 11) is -6.75. The van der Waals surface area contributed by atoms with Crippen molar-refractivity contribution in [2.45, 2.75) is 11.3 Å². The molecule has 0 bridgehead atoms. The maximum absolute atomic E-state index is 12.8. The van der Waals surface area contributed by atoms with Crippen LogP contribution in [-0.2, 0) is 17.0 Å². The van der Waals surface area contributed by atoms with E-state index in [0.29, 0.717) is 16.7 Å². The van der Waals surface area contributed by atoms with Crippen molar-refractivity contribution in [2.24, 2.45) is 0 Å². The number of halogens is 2. The number of carbonyl (C=O) groups excluding carboxylic acids is 2. The van der Waals surface area contributed by atoms with Gasteiger partial charge in [0, 0.05) is 0 Å². The summed E-state index contributed by atoms with van der Waals surface area (Å²) in [5, 5.41) is 5.32. The van der Waals surface area contributed by atoms with E-state index in [4.69, 9.17) is 0 Å². The molecule has 2 N–H and O–H groups in total. The van der Waals surface area contributed by atoms with Crippen LogP contribution in [0.2, 0.25) is 0 Å². The van der Waals surface area contributed by atoms with E-state index in [1.165, 1.54) is 36.5 Å². The van der Waals surface area contributed by atoms with Gasteiger partial charge >= 0.3 is 188 Å². The topological polar surface area (TPSA) is 131 Å². The van der Waals surface area contributed by atoms with Crippen LogP contribution in [0.15, 0.2) is 41.4 Å². The van der Waals surface area contributed by atoms with Gasteiger partial charge < -0.3 is 0 Å². The van der Waals surface area contributed by atoms with E-state index in [9.17, 15) is 26.4 Å². The molecule has 0 atom stereocenters. The zero-order chi connectivity index (χ0) is 21.5. The summed E-state index contributed by atoms with van der Waals surface area (Å²) in [6, 6.07) is 6.93. The van der Waals surface area contributed by atoms with Crippen molar-refractivity contribution in [3.63, 3.8) is 0 Å². The van der Waals surface area contributed by atoms with Crippen molar-refractivity contribution >= 4 is 49.0 Å². The fraction of sp³-hybridized carbons (Fsp3) is 0.294. The molecule has 13 heteroatoms. The SMILES string of the molecule is O=C(NCC[I-]I1CCCS1(=O)=O)c1ccc2c(c1)NC(=O)c1cccn1S2(=O)=O. The second-order valence-electron chi connectivity index (χ2n) is 6.46. The van der Waals surface area contributed by atoms with Crippen molar-refractivity contribution in [3.8, 4) is 0 Å². The number of alkyl halides is 2. The van der Waals surface area contributed by atoms with Gasteiger partial charge in [-0.3, -0.25) is 0 Å². The minimum absolute atomic E-state index is 0.00676. The van der Waals surface area contributed by atoms with Crippen LogP contribution >= 0.6 is 14.5 Å². The molecule has 3 heterocycles. The Morgan fingerprint density at radius 1 is 1.23 bits per heavy atom. The molecule has 1 aromatic heterocycles. The number of nitrogens with zero attached hydrogens (tertiary/aromatic N) is 1. The van der Waals surface area contributed by atoms with E-state index in [-0.39, 0.29) is 21.8 Å². The molecule has 30 heavy (non-hydrogen) atoms. The third-order valence-corrected chi connectivity index (χ3v) is 41.1. The number of hydrogen-bond acceptors (Lipinski definition) is 6. The molecule has 4 rings (SSSR count). The van der Waals surface area contributed by atoms with Crippen LogP contribution in [0, 0.1) is 0 Å². The van der Waals surface area contributed by atoms with Gasteiger partial charge in [-0.25, -0.2) is 0 Å². The van der Waals surface area contributed by atoms with E-state index in [1.807, 2.05) is 0 Å². The molecule has 2 aliphatic heterocycles. The van der Waals surface area contributed by atoms with E-state index < -0.39 is 60.5 Å². The zero-order valence-corrected chi connectivity index (χ0v) is 21.4. The molecule has 2 aromatic rings. The number of rotatable bonds is 5. The summed E-state index contributed by atoms with van der Waals surface area (Å²) < 4.78 is 52.0. The Labute approximate surface area is 186 Å². The van der Waals surface area contributed by atoms with Crippen LogP contribution in [0.1, 0.15) is 27.3 Å². The van der Waals surface area contributed by atoms with Gasteiger partial charge in [0.05, 0.1) is 0 Å². The Morgan fingerprint density at radius 3 is 2.77 bits per heavy atom. The summed E-state index contributed by atoms with van der Waals surface area (Å²) in [4.78, 5) is 24.7. The Balaban J connectivity index is 1.46. The van der Waals surface area contributed by atoms with Crippen molar-refractivity contribution in [1.29, 1.82) is 0 Å². The molecule has 9 nitrogen and oxygen atoms in total. The second-order valence-corrected chi connectivity index (χ2v) is 34.7. The zero-order valence-electron chi connectivity index (χ0n) is 15.5. The van der Waals surface area contributed by atoms with E-state index >= 15 is 0 Å². The molecule has 0 aliphatic carbocycles. The quantitative estimate of drug-likeness (QED) is 0.167.